The van der Waals surface area contributed by atoms with Gasteiger partial charge in [0.25, 0.3) is 5.91 Å². The van der Waals surface area contributed by atoms with E-state index in [1.165, 1.54) is 29.2 Å². The van der Waals surface area contributed by atoms with Crippen LogP contribution in [0.4, 0.5) is 10.1 Å². The van der Waals surface area contributed by atoms with Gasteiger partial charge in [-0.15, -0.1) is 0 Å². The van der Waals surface area contributed by atoms with E-state index in [-0.39, 0.29) is 13.1 Å². The molecule has 2 amide bonds. The molecule has 8 nitrogen and oxygen atoms in total. The van der Waals surface area contributed by atoms with Crippen molar-refractivity contribution in [1.82, 2.24) is 9.62 Å². The van der Waals surface area contributed by atoms with E-state index in [1.807, 2.05) is 30.3 Å². The number of hydrogen-bond donors (Lipinski definition) is 1. The summed E-state index contributed by atoms with van der Waals surface area (Å²) in [5.41, 5.74) is 1.90. The van der Waals surface area contributed by atoms with Crippen LogP contribution in [0.1, 0.15) is 11.1 Å². The fraction of sp³-hybridized carbons (Fsp3) is 0.231. The molecule has 0 spiro atoms. The largest absolute Gasteiger partial charge is 0.477 e. The summed E-state index contributed by atoms with van der Waals surface area (Å²) >= 11 is 0. The number of fused-ring (bicyclic) bond motifs is 1. The first kappa shape index (κ1) is 25.3. The quantitative estimate of drug-likeness (QED) is 0.502. The molecule has 1 heterocycles. The SMILES string of the molecule is CS(=O)(=O)N(CC(=O)N1C[C@@H](C(=O)NCc2ccccc2)Oc2ccccc21)Cc1ccc(F)cc1. The molecular weight excluding hydrogens is 485 g/mol. The third kappa shape index (κ3) is 6.27. The number of carbonyl (C=O) groups excluding carboxylic acids is 2. The third-order valence-corrected chi connectivity index (χ3v) is 6.93. The zero-order valence-electron chi connectivity index (χ0n) is 19.6. The van der Waals surface area contributed by atoms with E-state index in [4.69, 9.17) is 4.74 Å². The number of amides is 2. The molecule has 0 unspecified atom stereocenters. The lowest BCUT2D eigenvalue weighted by molar-refractivity contribution is -0.128. The Hall–Kier alpha value is -3.76. The number of para-hydroxylation sites is 2. The summed E-state index contributed by atoms with van der Waals surface area (Å²) in [5, 5.41) is 2.82. The minimum Gasteiger partial charge on any atom is -0.477 e. The summed E-state index contributed by atoms with van der Waals surface area (Å²) in [6.45, 7) is -0.333. The molecule has 1 N–H and O–H groups in total. The maximum Gasteiger partial charge on any atom is 0.263 e. The molecule has 0 radical (unpaired) electrons. The molecule has 1 aliphatic rings. The highest BCUT2D eigenvalue weighted by atomic mass is 32.2. The number of carbonyl (C=O) groups is 2. The maximum atomic E-state index is 13.4. The van der Waals surface area contributed by atoms with E-state index in [2.05, 4.69) is 5.32 Å². The fourth-order valence-electron chi connectivity index (χ4n) is 3.83. The lowest BCUT2D eigenvalue weighted by Crippen LogP contribution is -2.52. The number of anilines is 1. The second kappa shape index (κ2) is 10.9. The van der Waals surface area contributed by atoms with E-state index in [0.29, 0.717) is 23.5 Å². The van der Waals surface area contributed by atoms with Crippen molar-refractivity contribution in [3.63, 3.8) is 0 Å². The number of halogens is 1. The molecule has 1 atom stereocenters. The van der Waals surface area contributed by atoms with Gasteiger partial charge in [-0.25, -0.2) is 12.8 Å². The van der Waals surface area contributed by atoms with E-state index >= 15 is 0 Å². The molecule has 0 bridgehead atoms. The average molecular weight is 512 g/mol. The third-order valence-electron chi connectivity index (χ3n) is 5.73. The highest BCUT2D eigenvalue weighted by molar-refractivity contribution is 7.88. The summed E-state index contributed by atoms with van der Waals surface area (Å²) in [6, 6.07) is 21.6. The minimum absolute atomic E-state index is 0.0788. The molecule has 0 aromatic heterocycles. The monoisotopic (exact) mass is 511 g/mol. The van der Waals surface area contributed by atoms with Gasteiger partial charge >= 0.3 is 0 Å². The number of rotatable bonds is 8. The van der Waals surface area contributed by atoms with Crippen molar-refractivity contribution in [3.05, 3.63) is 95.8 Å². The maximum absolute atomic E-state index is 13.4. The van der Waals surface area contributed by atoms with Crippen molar-refractivity contribution in [2.24, 2.45) is 0 Å². The van der Waals surface area contributed by atoms with Crippen molar-refractivity contribution in [1.29, 1.82) is 0 Å². The summed E-state index contributed by atoms with van der Waals surface area (Å²) in [7, 11) is -3.77. The number of hydrogen-bond acceptors (Lipinski definition) is 5. The fourth-order valence-corrected chi connectivity index (χ4v) is 4.55. The molecule has 36 heavy (non-hydrogen) atoms. The standard InChI is InChI=1S/C26H26FN3O5S/c1-36(33,34)29(16-20-11-13-21(27)14-12-20)18-25(31)30-17-24(35-23-10-6-5-9-22(23)30)26(32)28-15-19-7-3-2-4-8-19/h2-14,24H,15-18H2,1H3,(H,28,32)/t24-/m0/s1. The van der Waals surface area contributed by atoms with Crippen LogP contribution in [0.2, 0.25) is 0 Å². The summed E-state index contributed by atoms with van der Waals surface area (Å²) in [5.74, 6) is -1.000. The van der Waals surface area contributed by atoms with Gasteiger partial charge in [0.2, 0.25) is 15.9 Å². The molecular formula is C26H26FN3O5S. The lowest BCUT2D eigenvalue weighted by Gasteiger charge is -2.35. The Morgan fingerprint density at radius 2 is 1.67 bits per heavy atom. The van der Waals surface area contributed by atoms with Gasteiger partial charge in [0.05, 0.1) is 25.0 Å². The second-order valence-electron chi connectivity index (χ2n) is 8.44. The number of ether oxygens (including phenoxy) is 1. The summed E-state index contributed by atoms with van der Waals surface area (Å²) in [6.07, 6.45) is 0.0352. The Morgan fingerprint density at radius 1 is 1.00 bits per heavy atom. The Morgan fingerprint density at radius 3 is 2.36 bits per heavy atom. The van der Waals surface area contributed by atoms with Crippen LogP contribution in [-0.4, -0.2) is 50.0 Å². The summed E-state index contributed by atoms with van der Waals surface area (Å²) in [4.78, 5) is 27.6. The van der Waals surface area contributed by atoms with Gasteiger partial charge in [0.1, 0.15) is 11.6 Å². The van der Waals surface area contributed by atoms with Crippen LogP contribution in [0.3, 0.4) is 0 Å². The van der Waals surface area contributed by atoms with Gasteiger partial charge in [0, 0.05) is 13.1 Å². The molecule has 188 valence electrons. The molecule has 3 aromatic rings. The second-order valence-corrected chi connectivity index (χ2v) is 10.4. The molecule has 1 aliphatic heterocycles. The molecule has 0 fully saturated rings. The van der Waals surface area contributed by atoms with E-state index in [0.717, 1.165) is 16.1 Å². The Kier molecular flexibility index (Phi) is 7.66. The van der Waals surface area contributed by atoms with Crippen LogP contribution in [0.15, 0.2) is 78.9 Å². The van der Waals surface area contributed by atoms with Crippen LogP contribution in [0.5, 0.6) is 5.75 Å². The van der Waals surface area contributed by atoms with E-state index in [9.17, 15) is 22.4 Å². The Labute approximate surface area is 209 Å². The van der Waals surface area contributed by atoms with Crippen LogP contribution in [0.25, 0.3) is 0 Å². The topological polar surface area (TPSA) is 96.0 Å². The lowest BCUT2D eigenvalue weighted by atomic mass is 10.1. The highest BCUT2D eigenvalue weighted by Gasteiger charge is 2.35. The summed E-state index contributed by atoms with van der Waals surface area (Å²) < 4.78 is 45.1. The first-order valence-corrected chi connectivity index (χ1v) is 13.1. The first-order valence-electron chi connectivity index (χ1n) is 11.3. The van der Waals surface area contributed by atoms with E-state index in [1.54, 1.807) is 24.3 Å². The predicted molar refractivity (Wildman–Crippen MR) is 133 cm³/mol. The zero-order chi connectivity index (χ0) is 25.7. The number of sulfonamides is 1. The van der Waals surface area contributed by atoms with Gasteiger partial charge in [-0.3, -0.25) is 9.59 Å². The number of benzene rings is 3. The Balaban J connectivity index is 1.51. The van der Waals surface area contributed by atoms with Crippen molar-refractivity contribution >= 4 is 27.5 Å². The molecule has 10 heteroatoms. The zero-order valence-corrected chi connectivity index (χ0v) is 20.4. The van der Waals surface area contributed by atoms with Crippen molar-refractivity contribution < 1.29 is 27.1 Å². The van der Waals surface area contributed by atoms with Crippen LogP contribution < -0.4 is 15.0 Å². The van der Waals surface area contributed by atoms with Crippen molar-refractivity contribution in [2.45, 2.75) is 19.2 Å². The minimum atomic E-state index is -3.77. The van der Waals surface area contributed by atoms with Crippen molar-refractivity contribution in [3.8, 4) is 5.75 Å². The molecule has 0 saturated carbocycles. The Bertz CT molecular complexity index is 1330. The first-order chi connectivity index (χ1) is 17.2. The van der Waals surface area contributed by atoms with Gasteiger partial charge in [-0.05, 0) is 35.4 Å². The van der Waals surface area contributed by atoms with Gasteiger partial charge < -0.3 is 15.0 Å². The number of nitrogens with one attached hydrogen (secondary N) is 1. The van der Waals surface area contributed by atoms with Crippen molar-refractivity contribution in [2.75, 3.05) is 24.2 Å². The smallest absolute Gasteiger partial charge is 0.263 e. The van der Waals surface area contributed by atoms with Gasteiger partial charge in [0.15, 0.2) is 6.10 Å². The molecule has 3 aromatic carbocycles. The van der Waals surface area contributed by atoms with Crippen LogP contribution in [0, 0.1) is 5.82 Å². The normalized spacial score (nSPS) is 15.2. The molecule has 0 aliphatic carbocycles. The highest BCUT2D eigenvalue weighted by Crippen LogP contribution is 2.33. The molecule has 0 saturated heterocycles. The number of nitrogens with zero attached hydrogens (tertiary/aromatic N) is 2. The average Bonchev–Trinajstić information content (AvgIpc) is 2.87. The van der Waals surface area contributed by atoms with Crippen LogP contribution in [-0.2, 0) is 32.7 Å². The van der Waals surface area contributed by atoms with Gasteiger partial charge in [-0.1, -0.05) is 54.6 Å². The molecule has 4 rings (SSSR count). The predicted octanol–water partition coefficient (Wildman–Crippen LogP) is 2.70. The van der Waals surface area contributed by atoms with Gasteiger partial charge in [-0.2, -0.15) is 4.31 Å². The van der Waals surface area contributed by atoms with E-state index < -0.39 is 40.3 Å². The van der Waals surface area contributed by atoms with Crippen LogP contribution >= 0.6 is 0 Å².